The summed E-state index contributed by atoms with van der Waals surface area (Å²) in [6.45, 7) is 4.98. The molecule has 0 saturated carbocycles. The average Bonchev–Trinajstić information content (AvgIpc) is 2.32. The summed E-state index contributed by atoms with van der Waals surface area (Å²) in [6.07, 6.45) is 2.60. The van der Waals surface area contributed by atoms with E-state index in [-0.39, 0.29) is 11.2 Å². The summed E-state index contributed by atoms with van der Waals surface area (Å²) in [5, 5.41) is 0. The van der Waals surface area contributed by atoms with Crippen LogP contribution in [0, 0.1) is 0 Å². The lowest BCUT2D eigenvalue weighted by atomic mass is 10.3. The van der Waals surface area contributed by atoms with Gasteiger partial charge in [-0.05, 0) is 12.8 Å². The molecule has 0 fully saturated rings. The van der Waals surface area contributed by atoms with Gasteiger partial charge in [0.05, 0.1) is 0 Å². The highest BCUT2D eigenvalue weighted by atomic mass is 16.2. The molecule has 0 saturated heterocycles. The number of hydrazine groups is 1. The van der Waals surface area contributed by atoms with Gasteiger partial charge in [0.15, 0.2) is 0 Å². The van der Waals surface area contributed by atoms with Gasteiger partial charge in [-0.1, -0.05) is 20.3 Å². The molecule has 0 atom stereocenters. The van der Waals surface area contributed by atoms with Crippen molar-refractivity contribution < 1.29 is 0 Å². The number of anilines is 1. The monoisotopic (exact) mass is 240 g/mol. The van der Waals surface area contributed by atoms with Crippen LogP contribution < -0.4 is 22.5 Å². The molecule has 0 bridgehead atoms. The highest BCUT2D eigenvalue weighted by Gasteiger charge is 2.09. The SMILES string of the molecule is CCCCn1c(NN)cc(=O)n(CCC)c1=O. The minimum Gasteiger partial charge on any atom is -0.310 e. The number of rotatable bonds is 6. The molecule has 6 heteroatoms. The second kappa shape index (κ2) is 6.24. The van der Waals surface area contributed by atoms with Crippen LogP contribution in [-0.4, -0.2) is 9.13 Å². The van der Waals surface area contributed by atoms with Gasteiger partial charge in [0.25, 0.3) is 5.56 Å². The molecule has 1 rings (SSSR count). The van der Waals surface area contributed by atoms with Crippen molar-refractivity contribution in [3.8, 4) is 0 Å². The van der Waals surface area contributed by atoms with Crippen molar-refractivity contribution in [3.05, 3.63) is 26.9 Å². The molecule has 96 valence electrons. The van der Waals surface area contributed by atoms with E-state index in [1.807, 2.05) is 13.8 Å². The fourth-order valence-corrected chi connectivity index (χ4v) is 1.70. The molecule has 0 aliphatic heterocycles. The molecule has 0 radical (unpaired) electrons. The number of hydrogen-bond donors (Lipinski definition) is 2. The lowest BCUT2D eigenvalue weighted by molar-refractivity contribution is 0.532. The van der Waals surface area contributed by atoms with Gasteiger partial charge in [-0.25, -0.2) is 10.6 Å². The third-order valence-corrected chi connectivity index (χ3v) is 2.61. The van der Waals surface area contributed by atoms with Crippen molar-refractivity contribution in [1.29, 1.82) is 0 Å². The zero-order valence-electron chi connectivity index (χ0n) is 10.4. The van der Waals surface area contributed by atoms with Crippen molar-refractivity contribution in [1.82, 2.24) is 9.13 Å². The Balaban J connectivity index is 3.29. The molecule has 0 amide bonds. The van der Waals surface area contributed by atoms with Gasteiger partial charge in [-0.2, -0.15) is 0 Å². The molecule has 3 N–H and O–H groups in total. The molecular formula is C11H20N4O2. The predicted octanol–water partition coefficient (Wildman–Crippen LogP) is 0.506. The Bertz CT molecular complexity index is 475. The van der Waals surface area contributed by atoms with Crippen molar-refractivity contribution in [2.24, 2.45) is 5.84 Å². The van der Waals surface area contributed by atoms with Crippen LogP contribution in [0.4, 0.5) is 5.82 Å². The third kappa shape index (κ3) is 2.97. The summed E-state index contributed by atoms with van der Waals surface area (Å²) >= 11 is 0. The Morgan fingerprint density at radius 3 is 2.41 bits per heavy atom. The fraction of sp³-hybridized carbons (Fsp3) is 0.636. The minimum absolute atomic E-state index is 0.291. The summed E-state index contributed by atoms with van der Waals surface area (Å²) in [7, 11) is 0. The van der Waals surface area contributed by atoms with Crippen LogP contribution in [-0.2, 0) is 13.1 Å². The minimum atomic E-state index is -0.308. The predicted molar refractivity (Wildman–Crippen MR) is 68.0 cm³/mol. The number of nitrogens with two attached hydrogens (primary N) is 1. The number of aromatic nitrogens is 2. The molecular weight excluding hydrogens is 220 g/mol. The van der Waals surface area contributed by atoms with E-state index < -0.39 is 0 Å². The molecule has 6 nitrogen and oxygen atoms in total. The van der Waals surface area contributed by atoms with Crippen LogP contribution in [0.25, 0.3) is 0 Å². The second-order valence-corrected chi connectivity index (χ2v) is 3.95. The van der Waals surface area contributed by atoms with E-state index in [4.69, 9.17) is 5.84 Å². The maximum atomic E-state index is 12.1. The average molecular weight is 240 g/mol. The van der Waals surface area contributed by atoms with E-state index in [9.17, 15) is 9.59 Å². The first-order valence-electron chi connectivity index (χ1n) is 5.97. The van der Waals surface area contributed by atoms with Crippen molar-refractivity contribution >= 4 is 5.82 Å². The first-order valence-corrected chi connectivity index (χ1v) is 5.97. The van der Waals surface area contributed by atoms with Crippen LogP contribution >= 0.6 is 0 Å². The molecule has 17 heavy (non-hydrogen) atoms. The Morgan fingerprint density at radius 1 is 1.18 bits per heavy atom. The van der Waals surface area contributed by atoms with Crippen LogP contribution in [0.2, 0.25) is 0 Å². The second-order valence-electron chi connectivity index (χ2n) is 3.95. The fourth-order valence-electron chi connectivity index (χ4n) is 1.70. The van der Waals surface area contributed by atoms with E-state index in [0.717, 1.165) is 19.3 Å². The van der Waals surface area contributed by atoms with Crippen molar-refractivity contribution in [3.63, 3.8) is 0 Å². The summed E-state index contributed by atoms with van der Waals surface area (Å²) < 4.78 is 2.76. The summed E-state index contributed by atoms with van der Waals surface area (Å²) in [5.41, 5.74) is 1.81. The Morgan fingerprint density at radius 2 is 1.88 bits per heavy atom. The number of nitrogen functional groups attached to an aromatic ring is 1. The van der Waals surface area contributed by atoms with E-state index in [1.54, 1.807) is 0 Å². The van der Waals surface area contributed by atoms with Crippen LogP contribution in [0.3, 0.4) is 0 Å². The van der Waals surface area contributed by atoms with E-state index in [0.29, 0.717) is 18.9 Å². The number of nitrogens with zero attached hydrogens (tertiary/aromatic N) is 2. The summed E-state index contributed by atoms with van der Waals surface area (Å²) in [6, 6.07) is 1.37. The smallest absolute Gasteiger partial charge is 0.310 e. The van der Waals surface area contributed by atoms with Crippen molar-refractivity contribution in [2.45, 2.75) is 46.2 Å². The molecule has 1 aromatic heterocycles. The molecule has 1 aromatic rings. The zero-order chi connectivity index (χ0) is 12.8. The summed E-state index contributed by atoms with van der Waals surface area (Å²) in [5.74, 6) is 5.70. The van der Waals surface area contributed by atoms with Gasteiger partial charge in [-0.3, -0.25) is 13.9 Å². The molecule has 0 aliphatic rings. The van der Waals surface area contributed by atoms with Gasteiger partial charge in [0.2, 0.25) is 0 Å². The first-order chi connectivity index (χ1) is 8.15. The number of hydrogen-bond acceptors (Lipinski definition) is 4. The van der Waals surface area contributed by atoms with Gasteiger partial charge < -0.3 is 5.43 Å². The Hall–Kier alpha value is -1.56. The van der Waals surface area contributed by atoms with Gasteiger partial charge in [-0.15, -0.1) is 0 Å². The maximum Gasteiger partial charge on any atom is 0.332 e. The van der Waals surface area contributed by atoms with Gasteiger partial charge in [0.1, 0.15) is 5.82 Å². The van der Waals surface area contributed by atoms with E-state index >= 15 is 0 Å². The Labute approximate surface area is 100 Å². The summed E-state index contributed by atoms with van der Waals surface area (Å²) in [4.78, 5) is 23.8. The zero-order valence-corrected chi connectivity index (χ0v) is 10.4. The molecule has 0 aromatic carbocycles. The highest BCUT2D eigenvalue weighted by molar-refractivity contribution is 5.32. The standard InChI is InChI=1S/C11H20N4O2/c1-3-5-7-14-9(13-12)8-10(16)15(6-4-2)11(14)17/h8,13H,3-7,12H2,1-2H3. The number of nitrogens with one attached hydrogen (secondary N) is 1. The van der Waals surface area contributed by atoms with Crippen LogP contribution in [0.5, 0.6) is 0 Å². The van der Waals surface area contributed by atoms with Gasteiger partial charge in [0, 0.05) is 19.2 Å². The lowest BCUT2D eigenvalue weighted by Crippen LogP contribution is -2.41. The third-order valence-electron chi connectivity index (χ3n) is 2.61. The Kier molecular flexibility index (Phi) is 4.96. The van der Waals surface area contributed by atoms with Crippen molar-refractivity contribution in [2.75, 3.05) is 5.43 Å². The van der Waals surface area contributed by atoms with Gasteiger partial charge >= 0.3 is 5.69 Å². The topological polar surface area (TPSA) is 82.1 Å². The molecule has 1 heterocycles. The van der Waals surface area contributed by atoms with E-state index in [1.165, 1.54) is 15.2 Å². The molecule has 0 unspecified atom stereocenters. The van der Waals surface area contributed by atoms with Crippen LogP contribution in [0.1, 0.15) is 33.1 Å². The normalized spacial score (nSPS) is 10.5. The maximum absolute atomic E-state index is 12.1. The first kappa shape index (κ1) is 13.5. The largest absolute Gasteiger partial charge is 0.332 e. The highest BCUT2D eigenvalue weighted by Crippen LogP contribution is 2.01. The quantitative estimate of drug-likeness (QED) is 0.560. The van der Waals surface area contributed by atoms with Crippen LogP contribution in [0.15, 0.2) is 15.7 Å². The number of unbranched alkanes of at least 4 members (excludes halogenated alkanes) is 1. The molecule has 0 aliphatic carbocycles. The van der Waals surface area contributed by atoms with E-state index in [2.05, 4.69) is 5.43 Å². The molecule has 0 spiro atoms. The lowest BCUT2D eigenvalue weighted by Gasteiger charge is -2.13.